The second-order valence-corrected chi connectivity index (χ2v) is 7.78. The summed E-state index contributed by atoms with van der Waals surface area (Å²) in [7, 11) is 2.14. The van der Waals surface area contributed by atoms with Gasteiger partial charge in [-0.05, 0) is 61.9 Å². The molecule has 1 fully saturated rings. The first-order valence-electron chi connectivity index (χ1n) is 10.1. The van der Waals surface area contributed by atoms with Gasteiger partial charge in [0.05, 0.1) is 0 Å². The van der Waals surface area contributed by atoms with E-state index >= 15 is 0 Å². The van der Waals surface area contributed by atoms with Crippen LogP contribution in [0.25, 0.3) is 0 Å². The summed E-state index contributed by atoms with van der Waals surface area (Å²) in [5.41, 5.74) is 2.38. The number of nitrogens with zero attached hydrogens (tertiary/aromatic N) is 1. The van der Waals surface area contributed by atoms with E-state index in [2.05, 4.69) is 34.7 Å². The fourth-order valence-corrected chi connectivity index (χ4v) is 3.38. The number of benzene rings is 2. The van der Waals surface area contributed by atoms with Crippen molar-refractivity contribution in [1.29, 1.82) is 0 Å². The molecule has 0 aromatic heterocycles. The summed E-state index contributed by atoms with van der Waals surface area (Å²) in [6.45, 7) is 2.29. The minimum absolute atomic E-state index is 0.119. The average Bonchev–Trinajstić information content (AvgIpc) is 3.51. The van der Waals surface area contributed by atoms with Gasteiger partial charge >= 0.3 is 6.03 Å². The molecule has 0 saturated heterocycles. The van der Waals surface area contributed by atoms with Crippen molar-refractivity contribution in [3.63, 3.8) is 0 Å². The van der Waals surface area contributed by atoms with E-state index in [0.717, 1.165) is 30.9 Å². The lowest BCUT2D eigenvalue weighted by Crippen LogP contribution is -2.47. The Balaban J connectivity index is 1.46. The standard InChI is InChI=1S/C23H31N3O2/c1-26(17-20-7-8-20)21(15-19-9-11-22(27)12-10-19)16-25-23(28)24-14-13-18-5-3-2-4-6-18/h2-6,9-12,20-21,27H,7-8,13-17H2,1H3,(H2,24,25,28). The molecule has 0 bridgehead atoms. The Bertz CT molecular complexity index is 729. The van der Waals surface area contributed by atoms with E-state index in [4.69, 9.17) is 0 Å². The molecule has 3 N–H and O–H groups in total. The molecule has 0 spiro atoms. The van der Waals surface area contributed by atoms with Crippen molar-refractivity contribution in [1.82, 2.24) is 15.5 Å². The molecule has 1 aliphatic carbocycles. The number of carbonyl (C=O) groups is 1. The summed E-state index contributed by atoms with van der Waals surface area (Å²) in [6.07, 6.45) is 4.29. The molecule has 28 heavy (non-hydrogen) atoms. The van der Waals surface area contributed by atoms with E-state index in [0.29, 0.717) is 13.1 Å². The highest BCUT2D eigenvalue weighted by atomic mass is 16.3. The summed E-state index contributed by atoms with van der Waals surface area (Å²) < 4.78 is 0. The van der Waals surface area contributed by atoms with Gasteiger partial charge < -0.3 is 20.6 Å². The molecule has 1 aliphatic rings. The zero-order valence-electron chi connectivity index (χ0n) is 16.6. The molecular weight excluding hydrogens is 350 g/mol. The minimum atomic E-state index is -0.119. The van der Waals surface area contributed by atoms with Crippen molar-refractivity contribution in [3.05, 3.63) is 65.7 Å². The molecule has 2 amide bonds. The third-order valence-electron chi connectivity index (χ3n) is 5.31. The Hall–Kier alpha value is -2.53. The Morgan fingerprint density at radius 2 is 1.79 bits per heavy atom. The van der Waals surface area contributed by atoms with Crippen molar-refractivity contribution in [2.45, 2.75) is 31.7 Å². The molecule has 1 atom stereocenters. The van der Waals surface area contributed by atoms with Gasteiger partial charge in [0, 0.05) is 25.7 Å². The SMILES string of the molecule is CN(CC1CC1)C(CNC(=O)NCCc1ccccc1)Cc1ccc(O)cc1. The Kier molecular flexibility index (Phi) is 7.31. The van der Waals surface area contributed by atoms with E-state index in [1.807, 2.05) is 30.3 Å². The lowest BCUT2D eigenvalue weighted by molar-refractivity contribution is 0.214. The van der Waals surface area contributed by atoms with Crippen molar-refractivity contribution >= 4 is 6.03 Å². The molecular formula is C23H31N3O2. The number of amides is 2. The van der Waals surface area contributed by atoms with Crippen molar-refractivity contribution in [3.8, 4) is 5.75 Å². The summed E-state index contributed by atoms with van der Waals surface area (Å²) in [5.74, 6) is 1.08. The molecule has 0 radical (unpaired) electrons. The fourth-order valence-electron chi connectivity index (χ4n) is 3.38. The number of likely N-dealkylation sites (N-methyl/N-ethyl adjacent to an activating group) is 1. The van der Waals surface area contributed by atoms with Crippen molar-refractivity contribution in [2.75, 3.05) is 26.7 Å². The summed E-state index contributed by atoms with van der Waals surface area (Å²) in [6, 6.07) is 17.6. The first-order chi connectivity index (χ1) is 13.6. The van der Waals surface area contributed by atoms with Crippen molar-refractivity contribution < 1.29 is 9.90 Å². The molecule has 5 nitrogen and oxygen atoms in total. The maximum absolute atomic E-state index is 12.2. The largest absolute Gasteiger partial charge is 0.508 e. The summed E-state index contributed by atoms with van der Waals surface area (Å²) in [4.78, 5) is 14.6. The van der Waals surface area contributed by atoms with Crippen LogP contribution in [0.2, 0.25) is 0 Å². The molecule has 3 rings (SSSR count). The number of hydrogen-bond acceptors (Lipinski definition) is 3. The second kappa shape index (κ2) is 10.1. The molecule has 150 valence electrons. The highest BCUT2D eigenvalue weighted by Crippen LogP contribution is 2.30. The topological polar surface area (TPSA) is 64.6 Å². The monoisotopic (exact) mass is 381 g/mol. The molecule has 5 heteroatoms. The third kappa shape index (κ3) is 6.89. The predicted octanol–water partition coefficient (Wildman–Crippen LogP) is 3.19. The minimum Gasteiger partial charge on any atom is -0.508 e. The van der Waals surface area contributed by atoms with Crippen LogP contribution in [-0.2, 0) is 12.8 Å². The number of aromatic hydroxyl groups is 1. The lowest BCUT2D eigenvalue weighted by Gasteiger charge is -2.28. The third-order valence-corrected chi connectivity index (χ3v) is 5.31. The summed E-state index contributed by atoms with van der Waals surface area (Å²) in [5, 5.41) is 15.5. The summed E-state index contributed by atoms with van der Waals surface area (Å²) >= 11 is 0. The van der Waals surface area contributed by atoms with E-state index in [1.54, 1.807) is 12.1 Å². The van der Waals surface area contributed by atoms with Crippen LogP contribution in [0.15, 0.2) is 54.6 Å². The Morgan fingerprint density at radius 3 is 2.46 bits per heavy atom. The van der Waals surface area contributed by atoms with Gasteiger partial charge in [-0.3, -0.25) is 0 Å². The van der Waals surface area contributed by atoms with Gasteiger partial charge in [0.15, 0.2) is 0 Å². The van der Waals surface area contributed by atoms with Crippen LogP contribution < -0.4 is 10.6 Å². The second-order valence-electron chi connectivity index (χ2n) is 7.78. The number of hydrogen-bond donors (Lipinski definition) is 3. The number of phenols is 1. The van der Waals surface area contributed by atoms with Gasteiger partial charge in [-0.15, -0.1) is 0 Å². The number of phenolic OH excluding ortho intramolecular Hbond substituents is 1. The van der Waals surface area contributed by atoms with E-state index in [9.17, 15) is 9.90 Å². The number of rotatable bonds is 10. The zero-order chi connectivity index (χ0) is 19.8. The highest BCUT2D eigenvalue weighted by Gasteiger charge is 2.26. The van der Waals surface area contributed by atoms with E-state index < -0.39 is 0 Å². The van der Waals surface area contributed by atoms with E-state index in [1.165, 1.54) is 18.4 Å². The number of nitrogens with one attached hydrogen (secondary N) is 2. The number of urea groups is 1. The Morgan fingerprint density at radius 1 is 1.07 bits per heavy atom. The molecule has 2 aromatic rings. The van der Waals surface area contributed by atoms with Gasteiger partial charge in [0.1, 0.15) is 5.75 Å². The number of carbonyl (C=O) groups excluding carboxylic acids is 1. The van der Waals surface area contributed by atoms with Crippen LogP contribution in [0.1, 0.15) is 24.0 Å². The lowest BCUT2D eigenvalue weighted by atomic mass is 10.0. The van der Waals surface area contributed by atoms with E-state index in [-0.39, 0.29) is 17.8 Å². The fraction of sp³-hybridized carbons (Fsp3) is 0.435. The molecule has 2 aromatic carbocycles. The smallest absolute Gasteiger partial charge is 0.314 e. The van der Waals surface area contributed by atoms with Gasteiger partial charge in [-0.2, -0.15) is 0 Å². The van der Waals surface area contributed by atoms with Gasteiger partial charge in [0.2, 0.25) is 0 Å². The Labute approximate surface area is 167 Å². The maximum Gasteiger partial charge on any atom is 0.314 e. The van der Waals surface area contributed by atoms with Crippen LogP contribution in [0.5, 0.6) is 5.75 Å². The average molecular weight is 382 g/mol. The molecule has 0 aliphatic heterocycles. The quantitative estimate of drug-likeness (QED) is 0.592. The zero-order valence-corrected chi connectivity index (χ0v) is 16.6. The first kappa shape index (κ1) is 20.2. The van der Waals surface area contributed by atoms with Crippen molar-refractivity contribution in [2.24, 2.45) is 5.92 Å². The van der Waals surface area contributed by atoms with Gasteiger partial charge in [-0.1, -0.05) is 42.5 Å². The van der Waals surface area contributed by atoms with Crippen LogP contribution in [0.3, 0.4) is 0 Å². The molecule has 1 unspecified atom stereocenters. The van der Waals surface area contributed by atoms with Crippen LogP contribution >= 0.6 is 0 Å². The van der Waals surface area contributed by atoms with Crippen LogP contribution in [0, 0.1) is 5.92 Å². The highest BCUT2D eigenvalue weighted by molar-refractivity contribution is 5.73. The van der Waals surface area contributed by atoms with Crippen LogP contribution in [0.4, 0.5) is 4.79 Å². The van der Waals surface area contributed by atoms with Crippen LogP contribution in [-0.4, -0.2) is 48.8 Å². The molecule has 1 saturated carbocycles. The van der Waals surface area contributed by atoms with Gasteiger partial charge in [0.25, 0.3) is 0 Å². The predicted molar refractivity (Wildman–Crippen MR) is 113 cm³/mol. The normalized spacial score (nSPS) is 14.6. The maximum atomic E-state index is 12.2. The first-order valence-corrected chi connectivity index (χ1v) is 10.1. The molecule has 0 heterocycles. The van der Waals surface area contributed by atoms with Gasteiger partial charge in [-0.25, -0.2) is 4.79 Å².